The first kappa shape index (κ1) is 14.1. The van der Waals surface area contributed by atoms with Crippen molar-refractivity contribution in [3.05, 3.63) is 11.7 Å². The van der Waals surface area contributed by atoms with E-state index < -0.39 is 5.54 Å². The van der Waals surface area contributed by atoms with Crippen molar-refractivity contribution < 1.29 is 4.52 Å². The molecule has 0 aliphatic rings. The number of hydrogen-bond donors (Lipinski definition) is 1. The van der Waals surface area contributed by atoms with Crippen molar-refractivity contribution in [2.75, 3.05) is 13.6 Å². The molecule has 1 atom stereocenters. The van der Waals surface area contributed by atoms with Crippen LogP contribution in [0.4, 0.5) is 0 Å². The van der Waals surface area contributed by atoms with Gasteiger partial charge in [0.25, 0.3) is 0 Å². The molecular formula is C12H24N4O. The first-order valence-corrected chi connectivity index (χ1v) is 6.13. The fourth-order valence-electron chi connectivity index (χ4n) is 1.54. The maximum absolute atomic E-state index is 5.90. The molecule has 5 heteroatoms. The SMILES string of the molecule is CCC(C)CN(C)Cc1nc(C(C)(C)N)no1. The van der Waals surface area contributed by atoms with E-state index in [0.717, 1.165) is 6.54 Å². The fourth-order valence-corrected chi connectivity index (χ4v) is 1.54. The van der Waals surface area contributed by atoms with Gasteiger partial charge in [0.05, 0.1) is 12.1 Å². The second-order valence-electron chi connectivity index (χ2n) is 5.44. The average molecular weight is 240 g/mol. The summed E-state index contributed by atoms with van der Waals surface area (Å²) in [5.74, 6) is 1.86. The van der Waals surface area contributed by atoms with Crippen molar-refractivity contribution in [1.82, 2.24) is 15.0 Å². The van der Waals surface area contributed by atoms with Gasteiger partial charge in [-0.05, 0) is 26.8 Å². The highest BCUT2D eigenvalue weighted by Crippen LogP contribution is 2.13. The Morgan fingerprint density at radius 2 is 2.12 bits per heavy atom. The smallest absolute Gasteiger partial charge is 0.240 e. The largest absolute Gasteiger partial charge is 0.338 e. The van der Waals surface area contributed by atoms with Gasteiger partial charge in [-0.3, -0.25) is 4.90 Å². The summed E-state index contributed by atoms with van der Waals surface area (Å²) in [5.41, 5.74) is 5.36. The van der Waals surface area contributed by atoms with Crippen molar-refractivity contribution >= 4 is 0 Å². The molecule has 5 nitrogen and oxygen atoms in total. The van der Waals surface area contributed by atoms with Gasteiger partial charge >= 0.3 is 0 Å². The topological polar surface area (TPSA) is 68.2 Å². The minimum atomic E-state index is -0.545. The van der Waals surface area contributed by atoms with Crippen LogP contribution in [0.5, 0.6) is 0 Å². The van der Waals surface area contributed by atoms with Gasteiger partial charge in [-0.25, -0.2) is 0 Å². The summed E-state index contributed by atoms with van der Waals surface area (Å²) >= 11 is 0. The van der Waals surface area contributed by atoms with Gasteiger partial charge in [0.1, 0.15) is 0 Å². The maximum Gasteiger partial charge on any atom is 0.240 e. The average Bonchev–Trinajstić information content (AvgIpc) is 2.65. The number of nitrogens with zero attached hydrogens (tertiary/aromatic N) is 3. The van der Waals surface area contributed by atoms with E-state index in [-0.39, 0.29) is 0 Å². The van der Waals surface area contributed by atoms with Crippen molar-refractivity contribution in [2.45, 2.75) is 46.2 Å². The number of rotatable bonds is 6. The monoisotopic (exact) mass is 240 g/mol. The summed E-state index contributed by atoms with van der Waals surface area (Å²) in [5, 5.41) is 3.90. The van der Waals surface area contributed by atoms with E-state index in [0.29, 0.717) is 24.2 Å². The molecule has 0 spiro atoms. The van der Waals surface area contributed by atoms with Crippen LogP contribution in [0.25, 0.3) is 0 Å². The van der Waals surface area contributed by atoms with Gasteiger partial charge in [0.2, 0.25) is 5.89 Å². The van der Waals surface area contributed by atoms with Crippen LogP contribution in [-0.4, -0.2) is 28.6 Å². The number of hydrogen-bond acceptors (Lipinski definition) is 5. The quantitative estimate of drug-likeness (QED) is 0.820. The summed E-state index contributed by atoms with van der Waals surface area (Å²) in [7, 11) is 2.06. The van der Waals surface area contributed by atoms with Crippen molar-refractivity contribution in [3.8, 4) is 0 Å². The van der Waals surface area contributed by atoms with Crippen LogP contribution in [0.2, 0.25) is 0 Å². The molecule has 0 saturated heterocycles. The highest BCUT2D eigenvalue weighted by molar-refractivity contribution is 4.98. The minimum absolute atomic E-state index is 0.545. The van der Waals surface area contributed by atoms with Gasteiger partial charge in [0.15, 0.2) is 5.82 Å². The van der Waals surface area contributed by atoms with Crippen LogP contribution in [-0.2, 0) is 12.1 Å². The Morgan fingerprint density at radius 1 is 1.47 bits per heavy atom. The van der Waals surface area contributed by atoms with Gasteiger partial charge in [-0.15, -0.1) is 0 Å². The first-order chi connectivity index (χ1) is 7.82. The van der Waals surface area contributed by atoms with Crippen LogP contribution in [0.1, 0.15) is 45.8 Å². The van der Waals surface area contributed by atoms with Crippen LogP contribution in [0.15, 0.2) is 4.52 Å². The van der Waals surface area contributed by atoms with Crippen LogP contribution < -0.4 is 5.73 Å². The van der Waals surface area contributed by atoms with Gasteiger partial charge in [-0.1, -0.05) is 25.4 Å². The Morgan fingerprint density at radius 3 is 2.59 bits per heavy atom. The van der Waals surface area contributed by atoms with Gasteiger partial charge < -0.3 is 10.3 Å². The molecule has 0 fully saturated rings. The van der Waals surface area contributed by atoms with E-state index in [4.69, 9.17) is 10.3 Å². The standard InChI is InChI=1S/C12H24N4O/c1-6-9(2)7-16(5)8-10-14-11(15-17-10)12(3,4)13/h9H,6-8,13H2,1-5H3. The Kier molecular flexibility index (Phi) is 4.65. The molecule has 1 unspecified atom stereocenters. The lowest BCUT2D eigenvalue weighted by Crippen LogP contribution is -2.30. The molecule has 0 amide bonds. The molecule has 98 valence electrons. The molecule has 0 aliphatic carbocycles. The van der Waals surface area contributed by atoms with Gasteiger partial charge in [-0.2, -0.15) is 4.98 Å². The van der Waals surface area contributed by atoms with Crippen molar-refractivity contribution in [2.24, 2.45) is 11.7 Å². The Bertz CT molecular complexity index is 343. The first-order valence-electron chi connectivity index (χ1n) is 6.13. The van der Waals surface area contributed by atoms with E-state index in [2.05, 4.69) is 35.9 Å². The van der Waals surface area contributed by atoms with E-state index in [1.165, 1.54) is 6.42 Å². The lowest BCUT2D eigenvalue weighted by Gasteiger charge is -2.18. The zero-order valence-electron chi connectivity index (χ0n) is 11.5. The van der Waals surface area contributed by atoms with E-state index in [1.807, 2.05) is 13.8 Å². The molecule has 0 saturated carbocycles. The summed E-state index contributed by atoms with van der Waals surface area (Å²) < 4.78 is 5.19. The van der Waals surface area contributed by atoms with Crippen molar-refractivity contribution in [3.63, 3.8) is 0 Å². The molecule has 0 aliphatic heterocycles. The van der Waals surface area contributed by atoms with Crippen LogP contribution >= 0.6 is 0 Å². The Hall–Kier alpha value is -0.940. The maximum atomic E-state index is 5.90. The lowest BCUT2D eigenvalue weighted by molar-refractivity contribution is 0.236. The molecular weight excluding hydrogens is 216 g/mol. The third-order valence-electron chi connectivity index (χ3n) is 2.77. The third kappa shape index (κ3) is 4.44. The predicted octanol–water partition coefficient (Wildman–Crippen LogP) is 1.74. The summed E-state index contributed by atoms with van der Waals surface area (Å²) in [4.78, 5) is 6.50. The van der Waals surface area contributed by atoms with E-state index in [9.17, 15) is 0 Å². The van der Waals surface area contributed by atoms with E-state index in [1.54, 1.807) is 0 Å². The summed E-state index contributed by atoms with van der Waals surface area (Å²) in [6.07, 6.45) is 1.18. The highest BCUT2D eigenvalue weighted by atomic mass is 16.5. The Labute approximate surface area is 103 Å². The molecule has 1 heterocycles. The van der Waals surface area contributed by atoms with Crippen LogP contribution in [0, 0.1) is 5.92 Å². The summed E-state index contributed by atoms with van der Waals surface area (Å²) in [6.45, 7) is 9.86. The second-order valence-corrected chi connectivity index (χ2v) is 5.44. The summed E-state index contributed by atoms with van der Waals surface area (Å²) in [6, 6.07) is 0. The van der Waals surface area contributed by atoms with E-state index >= 15 is 0 Å². The fraction of sp³-hybridized carbons (Fsp3) is 0.833. The third-order valence-corrected chi connectivity index (χ3v) is 2.77. The van der Waals surface area contributed by atoms with Gasteiger partial charge in [0, 0.05) is 6.54 Å². The Balaban J connectivity index is 2.55. The molecule has 1 aromatic heterocycles. The zero-order chi connectivity index (χ0) is 13.1. The predicted molar refractivity (Wildman–Crippen MR) is 67.3 cm³/mol. The number of aromatic nitrogens is 2. The second kappa shape index (κ2) is 5.60. The normalized spacial score (nSPS) is 14.3. The highest BCUT2D eigenvalue weighted by Gasteiger charge is 2.21. The molecule has 2 N–H and O–H groups in total. The van der Waals surface area contributed by atoms with Crippen molar-refractivity contribution in [1.29, 1.82) is 0 Å². The molecule has 0 radical (unpaired) electrons. The zero-order valence-corrected chi connectivity index (χ0v) is 11.5. The van der Waals surface area contributed by atoms with Crippen LogP contribution in [0.3, 0.4) is 0 Å². The molecule has 1 aromatic rings. The molecule has 0 aromatic carbocycles. The molecule has 1 rings (SSSR count). The molecule has 0 bridgehead atoms. The lowest BCUT2D eigenvalue weighted by atomic mass is 10.1. The molecule has 17 heavy (non-hydrogen) atoms. The number of nitrogens with two attached hydrogens (primary N) is 1. The minimum Gasteiger partial charge on any atom is -0.338 e.